The van der Waals surface area contributed by atoms with E-state index < -0.39 is 25.1 Å². The molecule has 8 nitrogen and oxygen atoms in total. The Morgan fingerprint density at radius 2 is 1.87 bits per heavy atom. The first-order valence-electron chi connectivity index (χ1n) is 8.62. The van der Waals surface area contributed by atoms with Crippen LogP contribution in [0.25, 0.3) is 11.5 Å². The molecule has 12 heteroatoms. The van der Waals surface area contributed by atoms with Crippen molar-refractivity contribution in [2.24, 2.45) is 0 Å². The summed E-state index contributed by atoms with van der Waals surface area (Å²) >= 11 is 6.76. The van der Waals surface area contributed by atoms with Crippen molar-refractivity contribution >= 4 is 40.9 Å². The van der Waals surface area contributed by atoms with E-state index in [1.165, 1.54) is 24.3 Å². The summed E-state index contributed by atoms with van der Waals surface area (Å²) in [4.78, 5) is 23.8. The maximum Gasteiger partial charge on any atom is 0.387 e. The van der Waals surface area contributed by atoms with Gasteiger partial charge >= 0.3 is 12.6 Å². The number of alkyl halides is 2. The minimum Gasteiger partial charge on any atom is -0.455 e. The molecule has 31 heavy (non-hydrogen) atoms. The lowest BCUT2D eigenvalue weighted by Gasteiger charge is -2.11. The van der Waals surface area contributed by atoms with Gasteiger partial charge in [-0.3, -0.25) is 9.59 Å². The number of benzene rings is 2. The number of hydrogen-bond donors (Lipinski definition) is 1. The van der Waals surface area contributed by atoms with E-state index in [9.17, 15) is 18.4 Å². The molecular weight excluding hydrogens is 456 g/mol. The molecule has 0 aliphatic rings. The third-order valence-electron chi connectivity index (χ3n) is 3.55. The number of ether oxygens (including phenoxy) is 2. The molecule has 0 spiro atoms. The van der Waals surface area contributed by atoms with E-state index >= 15 is 0 Å². The van der Waals surface area contributed by atoms with E-state index in [1.54, 1.807) is 24.3 Å². The van der Waals surface area contributed by atoms with E-state index in [2.05, 4.69) is 20.3 Å². The van der Waals surface area contributed by atoms with Crippen LogP contribution in [-0.2, 0) is 14.3 Å². The predicted molar refractivity (Wildman–Crippen MR) is 108 cm³/mol. The van der Waals surface area contributed by atoms with Gasteiger partial charge in [-0.25, -0.2) is 0 Å². The highest BCUT2D eigenvalue weighted by Crippen LogP contribution is 2.26. The molecule has 0 unspecified atom stereocenters. The molecule has 0 saturated carbocycles. The van der Waals surface area contributed by atoms with Crippen LogP contribution < -0.4 is 10.1 Å². The number of anilines is 1. The summed E-state index contributed by atoms with van der Waals surface area (Å²) in [5.74, 6) is -1.55. The maximum absolute atomic E-state index is 12.4. The number of hydrogen-bond acceptors (Lipinski definition) is 8. The molecule has 0 fully saturated rings. The highest BCUT2D eigenvalue weighted by Gasteiger charge is 2.15. The minimum atomic E-state index is -3.04. The maximum atomic E-state index is 12.4. The third-order valence-corrected chi connectivity index (χ3v) is 4.60. The molecule has 1 heterocycles. The first kappa shape index (κ1) is 22.5. The Kier molecular flexibility index (Phi) is 7.79. The van der Waals surface area contributed by atoms with Crippen LogP contribution in [-0.4, -0.2) is 41.0 Å². The monoisotopic (exact) mass is 469 g/mol. The van der Waals surface area contributed by atoms with Crippen molar-refractivity contribution in [2.75, 3.05) is 17.7 Å². The fourth-order valence-electron chi connectivity index (χ4n) is 2.24. The first-order valence-corrected chi connectivity index (χ1v) is 9.98. The minimum absolute atomic E-state index is 0.0267. The lowest BCUT2D eigenvalue weighted by atomic mass is 10.2. The summed E-state index contributed by atoms with van der Waals surface area (Å²) in [6.07, 6.45) is 0. The van der Waals surface area contributed by atoms with Crippen molar-refractivity contribution in [1.82, 2.24) is 10.2 Å². The van der Waals surface area contributed by atoms with Gasteiger partial charge in [-0.05, 0) is 36.4 Å². The van der Waals surface area contributed by atoms with E-state index in [0.29, 0.717) is 10.6 Å². The molecule has 1 amide bonds. The number of para-hydroxylation sites is 2. The number of rotatable bonds is 9. The topological polar surface area (TPSA) is 104 Å². The standard InChI is InChI=1S/C19H14ClF2N3O5S/c20-12-7-5-11(6-8-12)17-24-25-19(30-17)31-10-16(27)28-9-15(26)23-13-3-1-2-4-14(13)29-18(21)22/h1-8,18H,9-10H2,(H,23,26). The van der Waals surface area contributed by atoms with E-state index in [-0.39, 0.29) is 28.3 Å². The van der Waals surface area contributed by atoms with Gasteiger partial charge in [0, 0.05) is 10.6 Å². The molecule has 1 aromatic heterocycles. The van der Waals surface area contributed by atoms with Gasteiger partial charge in [-0.1, -0.05) is 35.5 Å². The molecule has 2 aromatic carbocycles. The molecule has 0 aliphatic heterocycles. The zero-order valence-electron chi connectivity index (χ0n) is 15.6. The van der Waals surface area contributed by atoms with Gasteiger partial charge in [0.15, 0.2) is 6.61 Å². The molecule has 0 aliphatic carbocycles. The Morgan fingerprint density at radius 3 is 2.61 bits per heavy atom. The second kappa shape index (κ2) is 10.7. The summed E-state index contributed by atoms with van der Waals surface area (Å²) in [5.41, 5.74) is 0.693. The van der Waals surface area contributed by atoms with E-state index in [1.807, 2.05) is 0 Å². The van der Waals surface area contributed by atoms with Crippen LogP contribution >= 0.6 is 23.4 Å². The van der Waals surface area contributed by atoms with Crippen molar-refractivity contribution in [3.05, 3.63) is 53.6 Å². The van der Waals surface area contributed by atoms with Crippen molar-refractivity contribution in [3.63, 3.8) is 0 Å². The zero-order valence-corrected chi connectivity index (χ0v) is 17.2. The van der Waals surface area contributed by atoms with Gasteiger partial charge < -0.3 is 19.2 Å². The van der Waals surface area contributed by atoms with Crippen LogP contribution in [0.5, 0.6) is 5.75 Å². The van der Waals surface area contributed by atoms with Crippen LogP contribution in [0.4, 0.5) is 14.5 Å². The second-order valence-electron chi connectivity index (χ2n) is 5.75. The Labute approximate surface area is 183 Å². The first-order chi connectivity index (χ1) is 14.9. The number of halogens is 3. The summed E-state index contributed by atoms with van der Waals surface area (Å²) in [5, 5.41) is 10.8. The lowest BCUT2D eigenvalue weighted by Crippen LogP contribution is -2.22. The summed E-state index contributed by atoms with van der Waals surface area (Å²) in [7, 11) is 0. The molecule has 0 radical (unpaired) electrons. The van der Waals surface area contributed by atoms with Crippen molar-refractivity contribution in [2.45, 2.75) is 11.8 Å². The van der Waals surface area contributed by atoms with Crippen LogP contribution in [0.2, 0.25) is 5.02 Å². The molecule has 1 N–H and O–H groups in total. The van der Waals surface area contributed by atoms with Gasteiger partial charge in [-0.2, -0.15) is 8.78 Å². The van der Waals surface area contributed by atoms with E-state index in [0.717, 1.165) is 11.8 Å². The van der Waals surface area contributed by atoms with Crippen LogP contribution in [0.15, 0.2) is 58.2 Å². The summed E-state index contributed by atoms with van der Waals surface area (Å²) < 4.78 is 39.4. The van der Waals surface area contributed by atoms with Gasteiger partial charge in [0.05, 0.1) is 5.69 Å². The van der Waals surface area contributed by atoms with Crippen molar-refractivity contribution < 1.29 is 32.3 Å². The number of aromatic nitrogens is 2. The van der Waals surface area contributed by atoms with Gasteiger partial charge in [-0.15, -0.1) is 10.2 Å². The lowest BCUT2D eigenvalue weighted by molar-refractivity contribution is -0.144. The molecule has 0 saturated heterocycles. The van der Waals surface area contributed by atoms with Crippen molar-refractivity contribution in [1.29, 1.82) is 0 Å². The second-order valence-corrected chi connectivity index (χ2v) is 7.12. The average Bonchev–Trinajstić information content (AvgIpc) is 3.21. The highest BCUT2D eigenvalue weighted by molar-refractivity contribution is 7.99. The number of thioether (sulfide) groups is 1. The molecular formula is C19H14ClF2N3O5S. The fraction of sp³-hybridized carbons (Fsp3) is 0.158. The molecule has 3 aromatic rings. The van der Waals surface area contributed by atoms with Crippen LogP contribution in [0.1, 0.15) is 0 Å². The number of carbonyl (C=O) groups is 2. The Morgan fingerprint density at radius 1 is 1.13 bits per heavy atom. The summed E-state index contributed by atoms with van der Waals surface area (Å²) in [6, 6.07) is 12.4. The Balaban J connectivity index is 1.44. The number of carbonyl (C=O) groups excluding carboxylic acids is 2. The van der Waals surface area contributed by atoms with Crippen LogP contribution in [0, 0.1) is 0 Å². The normalized spacial score (nSPS) is 10.7. The molecule has 0 bridgehead atoms. The number of esters is 1. The zero-order chi connectivity index (χ0) is 22.2. The van der Waals surface area contributed by atoms with Gasteiger partial charge in [0.2, 0.25) is 5.89 Å². The predicted octanol–water partition coefficient (Wildman–Crippen LogP) is 4.27. The number of amides is 1. The highest BCUT2D eigenvalue weighted by atomic mass is 35.5. The number of nitrogens with one attached hydrogen (secondary N) is 1. The third kappa shape index (κ3) is 6.93. The average molecular weight is 470 g/mol. The fourth-order valence-corrected chi connectivity index (χ4v) is 2.93. The number of nitrogens with zero attached hydrogens (tertiary/aromatic N) is 2. The van der Waals surface area contributed by atoms with Crippen molar-refractivity contribution in [3.8, 4) is 17.2 Å². The molecule has 162 valence electrons. The summed E-state index contributed by atoms with van der Waals surface area (Å²) in [6.45, 7) is -3.65. The quantitative estimate of drug-likeness (QED) is 0.366. The van der Waals surface area contributed by atoms with Crippen LogP contribution in [0.3, 0.4) is 0 Å². The largest absolute Gasteiger partial charge is 0.455 e. The Bertz CT molecular complexity index is 1050. The van der Waals surface area contributed by atoms with E-state index in [4.69, 9.17) is 20.8 Å². The van der Waals surface area contributed by atoms with Gasteiger partial charge in [0.25, 0.3) is 11.1 Å². The SMILES string of the molecule is O=C(COC(=O)CSc1nnc(-c2ccc(Cl)cc2)o1)Nc1ccccc1OC(F)F. The molecule has 0 atom stereocenters. The Hall–Kier alpha value is -3.18. The van der Waals surface area contributed by atoms with Gasteiger partial charge in [0.1, 0.15) is 11.5 Å². The molecule has 3 rings (SSSR count). The smallest absolute Gasteiger partial charge is 0.387 e.